The smallest absolute Gasteiger partial charge is 0.346 e. The molecule has 0 atom stereocenters. The number of benzene rings is 1. The molecular formula is C16H19NO3. The molecule has 20 heavy (non-hydrogen) atoms. The molecule has 1 aromatic carbocycles. The van der Waals surface area contributed by atoms with Crippen LogP contribution in [-0.4, -0.2) is 17.7 Å². The lowest BCUT2D eigenvalue weighted by Gasteiger charge is -2.06. The van der Waals surface area contributed by atoms with E-state index in [0.717, 1.165) is 12.2 Å². The Labute approximate surface area is 119 Å². The van der Waals surface area contributed by atoms with Crippen LogP contribution in [-0.2, 0) is 4.79 Å². The largest absolute Gasteiger partial charge is 0.494 e. The van der Waals surface area contributed by atoms with Crippen LogP contribution in [0.3, 0.4) is 0 Å². The third-order valence-electron chi connectivity index (χ3n) is 2.81. The number of ether oxygens (including phenoxy) is 1. The highest BCUT2D eigenvalue weighted by molar-refractivity contribution is 5.96. The summed E-state index contributed by atoms with van der Waals surface area (Å²) in [7, 11) is 0. The van der Waals surface area contributed by atoms with Gasteiger partial charge in [0.2, 0.25) is 0 Å². The zero-order valence-electron chi connectivity index (χ0n) is 11.6. The molecule has 0 aliphatic rings. The lowest BCUT2D eigenvalue weighted by molar-refractivity contribution is -0.132. The first kappa shape index (κ1) is 15.8. The van der Waals surface area contributed by atoms with Crippen molar-refractivity contribution in [1.29, 1.82) is 5.26 Å². The van der Waals surface area contributed by atoms with E-state index >= 15 is 0 Å². The molecule has 0 aromatic heterocycles. The van der Waals surface area contributed by atoms with Gasteiger partial charge >= 0.3 is 5.97 Å². The Morgan fingerprint density at radius 1 is 1.30 bits per heavy atom. The van der Waals surface area contributed by atoms with Gasteiger partial charge in [0.15, 0.2) is 0 Å². The van der Waals surface area contributed by atoms with Crippen molar-refractivity contribution in [3.05, 3.63) is 35.4 Å². The highest BCUT2D eigenvalue weighted by Crippen LogP contribution is 2.15. The van der Waals surface area contributed by atoms with Crippen LogP contribution >= 0.6 is 0 Å². The lowest BCUT2D eigenvalue weighted by Crippen LogP contribution is -1.98. The van der Waals surface area contributed by atoms with E-state index in [1.807, 2.05) is 0 Å². The van der Waals surface area contributed by atoms with Crippen molar-refractivity contribution in [1.82, 2.24) is 0 Å². The molecule has 4 heteroatoms. The van der Waals surface area contributed by atoms with E-state index in [1.54, 1.807) is 30.3 Å². The number of unbranched alkanes of at least 4 members (excludes halogenated alkanes) is 3. The molecule has 4 nitrogen and oxygen atoms in total. The van der Waals surface area contributed by atoms with E-state index in [9.17, 15) is 4.79 Å². The lowest BCUT2D eigenvalue weighted by atomic mass is 10.1. The minimum absolute atomic E-state index is 0.279. The second-order valence-electron chi connectivity index (χ2n) is 4.45. The second kappa shape index (κ2) is 8.76. The Kier molecular flexibility index (Phi) is 6.91. The minimum Gasteiger partial charge on any atom is -0.494 e. The molecule has 1 aromatic rings. The van der Waals surface area contributed by atoms with Crippen LogP contribution in [0.4, 0.5) is 0 Å². The van der Waals surface area contributed by atoms with Crippen molar-refractivity contribution in [2.24, 2.45) is 0 Å². The van der Waals surface area contributed by atoms with E-state index in [2.05, 4.69) is 6.92 Å². The fourth-order valence-corrected chi connectivity index (χ4v) is 1.69. The molecule has 1 N–H and O–H groups in total. The molecule has 1 rings (SSSR count). The van der Waals surface area contributed by atoms with Gasteiger partial charge in [-0.3, -0.25) is 0 Å². The van der Waals surface area contributed by atoms with Crippen molar-refractivity contribution in [2.75, 3.05) is 6.61 Å². The SMILES string of the molecule is CCCCCCOc1ccc(/C=C(/C#N)C(=O)O)cc1. The van der Waals surface area contributed by atoms with Gasteiger partial charge < -0.3 is 9.84 Å². The molecule has 0 heterocycles. The molecule has 106 valence electrons. The molecule has 0 bridgehead atoms. The van der Waals surface area contributed by atoms with E-state index in [0.29, 0.717) is 12.2 Å². The Balaban J connectivity index is 2.52. The molecule has 0 aliphatic carbocycles. The third-order valence-corrected chi connectivity index (χ3v) is 2.81. The highest BCUT2D eigenvalue weighted by Gasteiger charge is 2.05. The summed E-state index contributed by atoms with van der Waals surface area (Å²) in [6.45, 7) is 2.85. The maximum absolute atomic E-state index is 10.7. The molecule has 0 radical (unpaired) electrons. The van der Waals surface area contributed by atoms with Crippen LogP contribution in [0.1, 0.15) is 38.2 Å². The Morgan fingerprint density at radius 2 is 2.00 bits per heavy atom. The number of carboxylic acids is 1. The average molecular weight is 273 g/mol. The number of hydrogen-bond acceptors (Lipinski definition) is 3. The molecule has 0 saturated heterocycles. The minimum atomic E-state index is -1.22. The average Bonchev–Trinajstić information content (AvgIpc) is 2.45. The van der Waals surface area contributed by atoms with Crippen molar-refractivity contribution < 1.29 is 14.6 Å². The number of carbonyl (C=O) groups is 1. The summed E-state index contributed by atoms with van der Waals surface area (Å²) in [5.41, 5.74) is 0.389. The van der Waals surface area contributed by atoms with E-state index < -0.39 is 5.97 Å². The van der Waals surface area contributed by atoms with Crippen LogP contribution in [0, 0.1) is 11.3 Å². The zero-order chi connectivity index (χ0) is 14.8. The predicted molar refractivity (Wildman–Crippen MR) is 77.3 cm³/mol. The van der Waals surface area contributed by atoms with Crippen molar-refractivity contribution in [2.45, 2.75) is 32.6 Å². The van der Waals surface area contributed by atoms with Gasteiger partial charge in [-0.25, -0.2) is 4.79 Å². The van der Waals surface area contributed by atoms with Crippen LogP contribution in [0.25, 0.3) is 6.08 Å². The van der Waals surface area contributed by atoms with E-state index in [1.165, 1.54) is 25.3 Å². The van der Waals surface area contributed by atoms with Crippen LogP contribution in [0.2, 0.25) is 0 Å². The first-order valence-electron chi connectivity index (χ1n) is 6.75. The monoisotopic (exact) mass is 273 g/mol. The first-order valence-corrected chi connectivity index (χ1v) is 6.75. The standard InChI is InChI=1S/C16H19NO3/c1-2-3-4-5-10-20-15-8-6-13(7-9-15)11-14(12-17)16(18)19/h6-9,11H,2-5,10H2,1H3,(H,18,19)/b14-11-. The van der Waals surface area contributed by atoms with Crippen LogP contribution in [0.5, 0.6) is 5.75 Å². The number of rotatable bonds is 8. The maximum atomic E-state index is 10.7. The second-order valence-corrected chi connectivity index (χ2v) is 4.45. The fourth-order valence-electron chi connectivity index (χ4n) is 1.69. The summed E-state index contributed by atoms with van der Waals surface area (Å²) in [6, 6.07) is 8.68. The van der Waals surface area contributed by atoms with Crippen molar-refractivity contribution >= 4 is 12.0 Å². The number of nitriles is 1. The van der Waals surface area contributed by atoms with E-state index in [-0.39, 0.29) is 5.57 Å². The van der Waals surface area contributed by atoms with Crippen LogP contribution < -0.4 is 4.74 Å². The third kappa shape index (κ3) is 5.57. The number of aliphatic carboxylic acids is 1. The van der Waals surface area contributed by atoms with Gasteiger partial charge in [-0.05, 0) is 30.2 Å². The van der Waals surface area contributed by atoms with Gasteiger partial charge in [-0.1, -0.05) is 38.3 Å². The van der Waals surface area contributed by atoms with Gasteiger partial charge in [0, 0.05) is 0 Å². The molecule has 0 unspecified atom stereocenters. The normalized spacial score (nSPS) is 10.9. The van der Waals surface area contributed by atoms with Gasteiger partial charge in [-0.2, -0.15) is 5.26 Å². The Hall–Kier alpha value is -2.28. The summed E-state index contributed by atoms with van der Waals surface area (Å²) in [6.07, 6.45) is 5.97. The van der Waals surface area contributed by atoms with Gasteiger partial charge in [-0.15, -0.1) is 0 Å². The number of carboxylic acid groups (broad SMARTS) is 1. The van der Waals surface area contributed by atoms with Crippen LogP contribution in [0.15, 0.2) is 29.8 Å². The van der Waals surface area contributed by atoms with Gasteiger partial charge in [0.1, 0.15) is 17.4 Å². The Morgan fingerprint density at radius 3 is 2.55 bits per heavy atom. The summed E-state index contributed by atoms with van der Waals surface area (Å²) in [5, 5.41) is 17.4. The van der Waals surface area contributed by atoms with Crippen molar-refractivity contribution in [3.63, 3.8) is 0 Å². The topological polar surface area (TPSA) is 70.3 Å². The highest BCUT2D eigenvalue weighted by atomic mass is 16.5. The summed E-state index contributed by atoms with van der Waals surface area (Å²) in [5.74, 6) is -0.462. The predicted octanol–water partition coefficient (Wildman–Crippen LogP) is 3.64. The summed E-state index contributed by atoms with van der Waals surface area (Å²) >= 11 is 0. The molecule has 0 saturated carbocycles. The fraction of sp³-hybridized carbons (Fsp3) is 0.375. The van der Waals surface area contributed by atoms with Gasteiger partial charge in [0.05, 0.1) is 6.61 Å². The first-order chi connectivity index (χ1) is 9.67. The molecule has 0 aliphatic heterocycles. The molecule has 0 amide bonds. The summed E-state index contributed by atoms with van der Waals surface area (Å²) in [4.78, 5) is 10.7. The summed E-state index contributed by atoms with van der Waals surface area (Å²) < 4.78 is 5.58. The van der Waals surface area contributed by atoms with Gasteiger partial charge in [0.25, 0.3) is 0 Å². The molecule has 0 spiro atoms. The van der Waals surface area contributed by atoms with Crippen molar-refractivity contribution in [3.8, 4) is 11.8 Å². The maximum Gasteiger partial charge on any atom is 0.346 e. The van der Waals surface area contributed by atoms with E-state index in [4.69, 9.17) is 15.1 Å². The quantitative estimate of drug-likeness (QED) is 0.446. The molecule has 0 fully saturated rings. The number of nitrogens with zero attached hydrogens (tertiary/aromatic N) is 1. The Bertz CT molecular complexity index is 497. The zero-order valence-corrected chi connectivity index (χ0v) is 11.6. The molecular weight excluding hydrogens is 254 g/mol. The number of hydrogen-bond donors (Lipinski definition) is 1.